The molecule has 0 fully saturated rings. The predicted octanol–water partition coefficient (Wildman–Crippen LogP) is 1.58. The van der Waals surface area contributed by atoms with Crippen LogP contribution in [0.3, 0.4) is 0 Å². The van der Waals surface area contributed by atoms with Gasteiger partial charge in [0.15, 0.2) is 0 Å². The first kappa shape index (κ1) is 16.2. The van der Waals surface area contributed by atoms with Gasteiger partial charge >= 0.3 is 0 Å². The Morgan fingerprint density at radius 3 is 2.90 bits per heavy atom. The van der Waals surface area contributed by atoms with E-state index in [4.69, 9.17) is 9.84 Å². The van der Waals surface area contributed by atoms with Gasteiger partial charge in [0.25, 0.3) is 5.91 Å². The Bertz CT molecular complexity index is 474. The number of hydrogen-bond acceptors (Lipinski definition) is 3. The Morgan fingerprint density at radius 1 is 1.35 bits per heavy atom. The smallest absolute Gasteiger partial charge is 0.252 e. The highest BCUT2D eigenvalue weighted by Crippen LogP contribution is 2.07. The van der Waals surface area contributed by atoms with Gasteiger partial charge in [0.05, 0.1) is 5.56 Å². The summed E-state index contributed by atoms with van der Waals surface area (Å²) in [5.74, 6) is 5.18. The summed E-state index contributed by atoms with van der Waals surface area (Å²) in [6.07, 6.45) is 1.79. The largest absolute Gasteiger partial charge is 0.384 e. The maximum atomic E-state index is 12.0. The number of rotatable bonds is 7. The van der Waals surface area contributed by atoms with Gasteiger partial charge in [0.2, 0.25) is 0 Å². The van der Waals surface area contributed by atoms with Crippen LogP contribution >= 0.6 is 0 Å². The Labute approximate surface area is 120 Å². The summed E-state index contributed by atoms with van der Waals surface area (Å²) in [5, 5.41) is 11.6. The number of aliphatic hydroxyl groups excluding tert-OH is 1. The molecule has 20 heavy (non-hydrogen) atoms. The summed E-state index contributed by atoms with van der Waals surface area (Å²) in [6, 6.07) is 7.10. The lowest BCUT2D eigenvalue weighted by molar-refractivity contribution is 0.0941. The molecule has 0 bridgehead atoms. The van der Waals surface area contributed by atoms with Gasteiger partial charge in [-0.05, 0) is 25.0 Å². The molecule has 0 aliphatic rings. The summed E-state index contributed by atoms with van der Waals surface area (Å²) in [4.78, 5) is 12.0. The van der Waals surface area contributed by atoms with E-state index in [1.54, 1.807) is 18.2 Å². The maximum Gasteiger partial charge on any atom is 0.252 e. The van der Waals surface area contributed by atoms with Gasteiger partial charge in [-0.15, -0.1) is 0 Å². The van der Waals surface area contributed by atoms with E-state index >= 15 is 0 Å². The van der Waals surface area contributed by atoms with Crippen LogP contribution in [0.1, 0.15) is 35.7 Å². The second-order valence-electron chi connectivity index (χ2n) is 4.23. The van der Waals surface area contributed by atoms with Crippen molar-refractivity contribution in [1.29, 1.82) is 0 Å². The second-order valence-corrected chi connectivity index (χ2v) is 4.23. The van der Waals surface area contributed by atoms with E-state index in [0.29, 0.717) is 24.3 Å². The molecule has 0 aliphatic carbocycles. The molecule has 0 heterocycles. The van der Waals surface area contributed by atoms with Gasteiger partial charge in [-0.2, -0.15) is 0 Å². The fourth-order valence-electron chi connectivity index (χ4n) is 1.64. The Kier molecular flexibility index (Phi) is 8.13. The zero-order valence-electron chi connectivity index (χ0n) is 11.8. The molecule has 0 aromatic heterocycles. The van der Waals surface area contributed by atoms with Crippen molar-refractivity contribution < 1.29 is 14.6 Å². The zero-order valence-corrected chi connectivity index (χ0v) is 11.8. The first-order valence-electron chi connectivity index (χ1n) is 6.84. The Balaban J connectivity index is 2.47. The van der Waals surface area contributed by atoms with Crippen molar-refractivity contribution in [3.63, 3.8) is 0 Å². The molecule has 0 atom stereocenters. The molecule has 1 aromatic carbocycles. The minimum atomic E-state index is -0.218. The number of benzene rings is 1. The molecule has 1 aromatic rings. The van der Waals surface area contributed by atoms with Crippen molar-refractivity contribution in [3.8, 4) is 11.8 Å². The predicted molar refractivity (Wildman–Crippen MR) is 78.5 cm³/mol. The van der Waals surface area contributed by atoms with Crippen LogP contribution in [-0.2, 0) is 4.74 Å². The maximum absolute atomic E-state index is 12.0. The molecule has 0 aliphatic heterocycles. The third-order valence-electron chi connectivity index (χ3n) is 2.57. The first-order chi connectivity index (χ1) is 9.79. The lowest BCUT2D eigenvalue weighted by Gasteiger charge is -2.07. The average Bonchev–Trinajstić information content (AvgIpc) is 2.48. The van der Waals surface area contributed by atoms with Crippen LogP contribution in [0.4, 0.5) is 0 Å². The quantitative estimate of drug-likeness (QED) is 0.587. The molecule has 108 valence electrons. The summed E-state index contributed by atoms with van der Waals surface area (Å²) in [7, 11) is 0. The highest BCUT2D eigenvalue weighted by molar-refractivity contribution is 5.96. The van der Waals surface area contributed by atoms with Crippen molar-refractivity contribution >= 4 is 5.91 Å². The summed E-state index contributed by atoms with van der Waals surface area (Å²) < 4.78 is 5.35. The van der Waals surface area contributed by atoms with E-state index in [1.165, 1.54) is 0 Å². The van der Waals surface area contributed by atoms with Crippen LogP contribution in [-0.4, -0.2) is 37.4 Å². The highest BCUT2D eigenvalue weighted by atomic mass is 16.5. The molecule has 2 N–H and O–H groups in total. The summed E-state index contributed by atoms with van der Waals surface area (Å²) in [5.41, 5.74) is 1.16. The number of ether oxygens (including phenoxy) is 1. The second kappa shape index (κ2) is 10.0. The van der Waals surface area contributed by atoms with Crippen molar-refractivity contribution in [3.05, 3.63) is 35.4 Å². The topological polar surface area (TPSA) is 58.6 Å². The van der Waals surface area contributed by atoms with Crippen LogP contribution in [0.5, 0.6) is 0 Å². The van der Waals surface area contributed by atoms with Crippen LogP contribution in [0.25, 0.3) is 0 Å². The molecule has 1 amide bonds. The Hall–Kier alpha value is -1.83. The van der Waals surface area contributed by atoms with Gasteiger partial charge in [-0.1, -0.05) is 30.9 Å². The van der Waals surface area contributed by atoms with Crippen molar-refractivity contribution in [2.45, 2.75) is 19.8 Å². The molecular formula is C16H21NO3. The monoisotopic (exact) mass is 275 g/mol. The number of aliphatic hydroxyl groups is 1. The SMILES string of the molecule is CCCOCCCNC(=O)c1ccccc1C#CCO. The third kappa shape index (κ3) is 5.87. The molecule has 1 rings (SSSR count). The fourth-order valence-corrected chi connectivity index (χ4v) is 1.64. The van der Waals surface area contributed by atoms with Crippen LogP contribution < -0.4 is 5.32 Å². The van der Waals surface area contributed by atoms with Crippen LogP contribution in [0, 0.1) is 11.8 Å². The number of nitrogens with one attached hydrogen (secondary N) is 1. The van der Waals surface area contributed by atoms with E-state index < -0.39 is 0 Å². The molecule has 0 saturated carbocycles. The number of carbonyl (C=O) groups is 1. The van der Waals surface area contributed by atoms with Crippen molar-refractivity contribution in [2.24, 2.45) is 0 Å². The third-order valence-corrected chi connectivity index (χ3v) is 2.57. The molecule has 0 saturated heterocycles. The summed E-state index contributed by atoms with van der Waals surface area (Å²) in [6.45, 7) is 3.83. The van der Waals surface area contributed by atoms with Gasteiger partial charge in [0.1, 0.15) is 6.61 Å². The fraction of sp³-hybridized carbons (Fsp3) is 0.438. The summed E-state index contributed by atoms with van der Waals surface area (Å²) >= 11 is 0. The molecule has 0 radical (unpaired) electrons. The van der Waals surface area contributed by atoms with Crippen LogP contribution in [0.15, 0.2) is 24.3 Å². The van der Waals surface area contributed by atoms with Gasteiger partial charge in [0, 0.05) is 25.3 Å². The Morgan fingerprint density at radius 2 is 2.15 bits per heavy atom. The van der Waals surface area contributed by atoms with E-state index in [0.717, 1.165) is 19.4 Å². The molecular weight excluding hydrogens is 254 g/mol. The molecule has 4 nitrogen and oxygen atoms in total. The minimum absolute atomic E-state index is 0.150. The standard InChI is InChI=1S/C16H21NO3/c1-2-12-20-13-6-10-17-16(19)15-9-4-3-7-14(15)8-5-11-18/h3-4,7,9,18H,2,6,10-13H2,1H3,(H,17,19). The average molecular weight is 275 g/mol. The zero-order chi connectivity index (χ0) is 14.6. The highest BCUT2D eigenvalue weighted by Gasteiger charge is 2.08. The van der Waals surface area contributed by atoms with E-state index in [9.17, 15) is 4.79 Å². The lowest BCUT2D eigenvalue weighted by Crippen LogP contribution is -2.26. The number of hydrogen-bond donors (Lipinski definition) is 2. The van der Waals surface area contributed by atoms with Crippen molar-refractivity contribution in [2.75, 3.05) is 26.4 Å². The van der Waals surface area contributed by atoms with Gasteiger partial charge in [-0.3, -0.25) is 4.79 Å². The van der Waals surface area contributed by atoms with Crippen molar-refractivity contribution in [1.82, 2.24) is 5.32 Å². The molecule has 4 heteroatoms. The van der Waals surface area contributed by atoms with E-state index in [2.05, 4.69) is 24.1 Å². The van der Waals surface area contributed by atoms with Gasteiger partial charge < -0.3 is 15.2 Å². The number of amides is 1. The number of carbonyl (C=O) groups excluding carboxylic acids is 1. The van der Waals surface area contributed by atoms with Crippen LogP contribution in [0.2, 0.25) is 0 Å². The normalized spacial score (nSPS) is 9.70. The first-order valence-corrected chi connectivity index (χ1v) is 6.84. The molecule has 0 spiro atoms. The molecule has 0 unspecified atom stereocenters. The lowest BCUT2D eigenvalue weighted by atomic mass is 10.1. The van der Waals surface area contributed by atoms with E-state index in [-0.39, 0.29) is 12.5 Å². The minimum Gasteiger partial charge on any atom is -0.384 e. The van der Waals surface area contributed by atoms with E-state index in [1.807, 2.05) is 6.07 Å². The van der Waals surface area contributed by atoms with Gasteiger partial charge in [-0.25, -0.2) is 0 Å².